The van der Waals surface area contributed by atoms with Crippen LogP contribution in [-0.2, 0) is 19.1 Å². The average Bonchev–Trinajstić information content (AvgIpc) is 2.97. The summed E-state index contributed by atoms with van der Waals surface area (Å²) in [6.07, 6.45) is -17.4. The van der Waals surface area contributed by atoms with Gasteiger partial charge >= 0.3 is 11.9 Å². The van der Waals surface area contributed by atoms with E-state index in [1.54, 1.807) is 0 Å². The van der Waals surface area contributed by atoms with E-state index >= 15 is 0 Å². The second-order valence-electron chi connectivity index (χ2n) is 10.0. The minimum Gasteiger partial charge on any atom is -0.507 e. The van der Waals surface area contributed by atoms with Crippen molar-refractivity contribution in [2.45, 2.75) is 61.4 Å². The molecule has 2 saturated heterocycles. The highest BCUT2D eigenvalue weighted by molar-refractivity contribution is 5.88. The van der Waals surface area contributed by atoms with Crippen molar-refractivity contribution in [3.63, 3.8) is 0 Å². The van der Waals surface area contributed by atoms with Crippen LogP contribution in [-0.4, -0.2) is 119 Å². The summed E-state index contributed by atoms with van der Waals surface area (Å²) < 4.78 is 26.5. The van der Waals surface area contributed by atoms with Crippen LogP contribution >= 0.6 is 0 Å². The first-order valence-electron chi connectivity index (χ1n) is 12.9. The van der Waals surface area contributed by atoms with E-state index in [-0.39, 0.29) is 33.6 Å². The topological polar surface area (TPSA) is 283 Å². The van der Waals surface area contributed by atoms with Gasteiger partial charge in [-0.3, -0.25) is 4.79 Å². The molecule has 236 valence electrons. The fourth-order valence-electron chi connectivity index (χ4n) is 4.76. The van der Waals surface area contributed by atoms with Crippen LogP contribution in [0.5, 0.6) is 17.2 Å². The van der Waals surface area contributed by atoms with Crippen LogP contribution in [0.1, 0.15) is 0 Å². The molecule has 17 nitrogen and oxygen atoms in total. The number of hydrogen-bond donors (Lipinski definition) is 9. The van der Waals surface area contributed by atoms with Gasteiger partial charge in [0.2, 0.25) is 18.0 Å². The van der Waals surface area contributed by atoms with Crippen LogP contribution in [0.4, 0.5) is 0 Å². The van der Waals surface area contributed by atoms with Crippen LogP contribution < -0.4 is 14.9 Å². The predicted molar refractivity (Wildman–Crippen MR) is 139 cm³/mol. The third kappa shape index (κ3) is 5.65. The zero-order valence-corrected chi connectivity index (χ0v) is 22.1. The van der Waals surface area contributed by atoms with E-state index in [1.165, 1.54) is 24.3 Å². The van der Waals surface area contributed by atoms with E-state index < -0.39 is 84.5 Å². The molecule has 0 saturated carbocycles. The Labute approximate surface area is 244 Å². The molecule has 0 bridgehead atoms. The standard InChI is InChI=1S/C27H26O17/c28-12-5-10(42-27-21(35)17(31)19(33)23(44-27)25(38)39)6-13-14(12)15(29)11(7-40-13)8-1-3-9(4-2-8)41-26-20(34)16(30)18(32)22(43-26)24(36)37/h1-7,16-23,26-28,30-35H,(H,36,37)(H,38,39)/t16-,17-,18-,19-,20+,21+,22-,23-,26?,27?/m0/s1. The van der Waals surface area contributed by atoms with E-state index in [0.29, 0.717) is 0 Å². The fourth-order valence-corrected chi connectivity index (χ4v) is 4.76. The van der Waals surface area contributed by atoms with E-state index in [4.69, 9.17) is 23.4 Å². The smallest absolute Gasteiger partial charge is 0.335 e. The lowest BCUT2D eigenvalue weighted by Gasteiger charge is -2.38. The largest absolute Gasteiger partial charge is 0.507 e. The van der Waals surface area contributed by atoms with Gasteiger partial charge in [-0.15, -0.1) is 0 Å². The number of carbonyl (C=O) groups is 2. The molecule has 5 rings (SSSR count). The molecule has 0 amide bonds. The molecule has 3 aromatic rings. The zero-order chi connectivity index (χ0) is 32.0. The third-order valence-electron chi connectivity index (χ3n) is 7.13. The van der Waals surface area contributed by atoms with Gasteiger partial charge < -0.3 is 69.3 Å². The van der Waals surface area contributed by atoms with Crippen molar-refractivity contribution in [3.05, 3.63) is 52.9 Å². The Morgan fingerprint density at radius 3 is 1.68 bits per heavy atom. The molecule has 17 heteroatoms. The molecule has 1 aromatic heterocycles. The summed E-state index contributed by atoms with van der Waals surface area (Å²) in [5.41, 5.74) is -0.594. The predicted octanol–water partition coefficient (Wildman–Crippen LogP) is -2.29. The van der Waals surface area contributed by atoms with Crippen LogP contribution in [0, 0.1) is 0 Å². The first-order chi connectivity index (χ1) is 20.8. The number of phenols is 1. The lowest BCUT2D eigenvalue weighted by Crippen LogP contribution is -2.61. The highest BCUT2D eigenvalue weighted by atomic mass is 16.7. The Kier molecular flexibility index (Phi) is 8.47. The van der Waals surface area contributed by atoms with Crippen molar-refractivity contribution in [1.82, 2.24) is 0 Å². The van der Waals surface area contributed by atoms with E-state index in [9.17, 15) is 60.3 Å². The Morgan fingerprint density at radius 1 is 0.682 bits per heavy atom. The Hall–Kier alpha value is -4.33. The highest BCUT2D eigenvalue weighted by Crippen LogP contribution is 2.33. The quantitative estimate of drug-likeness (QED) is 0.134. The number of carboxylic acid groups (broad SMARTS) is 2. The number of carboxylic acids is 2. The third-order valence-corrected chi connectivity index (χ3v) is 7.13. The van der Waals surface area contributed by atoms with Gasteiger partial charge in [0.15, 0.2) is 12.2 Å². The van der Waals surface area contributed by atoms with Crippen LogP contribution in [0.15, 0.2) is 51.9 Å². The molecule has 0 aliphatic carbocycles. The number of ether oxygens (including phenoxy) is 4. The highest BCUT2D eigenvalue weighted by Gasteiger charge is 2.49. The number of rotatable bonds is 7. The minimum absolute atomic E-state index is 0.0149. The molecule has 2 unspecified atom stereocenters. The monoisotopic (exact) mass is 622 g/mol. The summed E-state index contributed by atoms with van der Waals surface area (Å²) >= 11 is 0. The van der Waals surface area contributed by atoms with E-state index in [2.05, 4.69) is 0 Å². The summed E-state index contributed by atoms with van der Waals surface area (Å²) in [6, 6.07) is 7.59. The van der Waals surface area contributed by atoms with Gasteiger partial charge in [-0.05, 0) is 17.7 Å². The second kappa shape index (κ2) is 12.0. The summed E-state index contributed by atoms with van der Waals surface area (Å²) in [5.74, 6) is -4.02. The number of hydrogen-bond acceptors (Lipinski definition) is 15. The molecule has 3 heterocycles. The first-order valence-corrected chi connectivity index (χ1v) is 12.9. The number of aliphatic carboxylic acids is 2. The van der Waals surface area contributed by atoms with Gasteiger partial charge in [-0.1, -0.05) is 12.1 Å². The summed E-state index contributed by atoms with van der Waals surface area (Å²) in [7, 11) is 0. The Morgan fingerprint density at radius 2 is 1.18 bits per heavy atom. The molecular formula is C27H26O17. The molecule has 44 heavy (non-hydrogen) atoms. The molecule has 2 aliphatic rings. The van der Waals surface area contributed by atoms with Crippen molar-refractivity contribution < 1.29 is 78.9 Å². The summed E-state index contributed by atoms with van der Waals surface area (Å²) in [5, 5.41) is 88.6. The molecular weight excluding hydrogens is 596 g/mol. The van der Waals surface area contributed by atoms with E-state index in [0.717, 1.165) is 18.4 Å². The number of benzene rings is 2. The number of aromatic hydroxyl groups is 1. The SMILES string of the molecule is O=C(O)[C@H]1OC(Oc2ccc(-c3coc4cc(OC5O[C@H](C(=O)O)[C@@H](O)[C@H](O)[C@H]5O)cc(O)c4c3=O)cc2)[C@H](O)[C@@H](O)[C@@H]1O. The maximum absolute atomic E-state index is 13.3. The Balaban J connectivity index is 1.35. The molecule has 10 atom stereocenters. The van der Waals surface area contributed by atoms with Crippen molar-refractivity contribution >= 4 is 22.9 Å². The van der Waals surface area contributed by atoms with Gasteiger partial charge in [-0.25, -0.2) is 9.59 Å². The van der Waals surface area contributed by atoms with E-state index in [1.807, 2.05) is 0 Å². The number of fused-ring (bicyclic) bond motifs is 1. The lowest BCUT2D eigenvalue weighted by molar-refractivity contribution is -0.271. The number of aliphatic hydroxyl groups is 6. The maximum Gasteiger partial charge on any atom is 0.335 e. The van der Waals surface area contributed by atoms with Crippen LogP contribution in [0.2, 0.25) is 0 Å². The molecule has 2 aliphatic heterocycles. The van der Waals surface area contributed by atoms with Gasteiger partial charge in [-0.2, -0.15) is 0 Å². The fraction of sp³-hybridized carbons (Fsp3) is 0.370. The average molecular weight is 622 g/mol. The normalized spacial score (nSPS) is 32.2. The van der Waals surface area contributed by atoms with Crippen molar-refractivity contribution in [2.24, 2.45) is 0 Å². The minimum atomic E-state index is -1.94. The second-order valence-corrected chi connectivity index (χ2v) is 10.0. The van der Waals surface area contributed by atoms with Gasteiger partial charge in [0.05, 0.1) is 5.56 Å². The Bertz CT molecular complexity index is 1600. The van der Waals surface area contributed by atoms with Gasteiger partial charge in [0, 0.05) is 12.1 Å². The zero-order valence-electron chi connectivity index (χ0n) is 22.1. The number of aliphatic hydroxyl groups excluding tert-OH is 6. The van der Waals surface area contributed by atoms with Crippen LogP contribution in [0.3, 0.4) is 0 Å². The molecule has 0 spiro atoms. The summed E-state index contributed by atoms with van der Waals surface area (Å²) in [4.78, 5) is 35.9. The summed E-state index contributed by atoms with van der Waals surface area (Å²) in [6.45, 7) is 0. The van der Waals surface area contributed by atoms with Crippen molar-refractivity contribution in [2.75, 3.05) is 0 Å². The molecule has 2 fully saturated rings. The molecule has 0 radical (unpaired) electrons. The molecule has 9 N–H and O–H groups in total. The first kappa shape index (κ1) is 31.1. The number of phenolic OH excluding ortho intramolecular Hbond substituents is 1. The van der Waals surface area contributed by atoms with Crippen molar-refractivity contribution in [3.8, 4) is 28.4 Å². The van der Waals surface area contributed by atoms with Crippen LogP contribution in [0.25, 0.3) is 22.1 Å². The molecule has 2 aromatic carbocycles. The lowest BCUT2D eigenvalue weighted by atomic mass is 9.99. The maximum atomic E-state index is 13.3. The van der Waals surface area contributed by atoms with Gasteiger partial charge in [0.1, 0.15) is 71.1 Å². The van der Waals surface area contributed by atoms with Crippen molar-refractivity contribution in [1.29, 1.82) is 0 Å². The van der Waals surface area contributed by atoms with Gasteiger partial charge in [0.25, 0.3) is 0 Å².